The number of aryl methyl sites for hydroxylation is 2. The van der Waals surface area contributed by atoms with Crippen LogP contribution >= 0.6 is 0 Å². The fraction of sp³-hybridized carbons (Fsp3) is 0.267. The average molecular weight is 265 g/mol. The Morgan fingerprint density at radius 1 is 1.35 bits per heavy atom. The van der Waals surface area contributed by atoms with Gasteiger partial charge >= 0.3 is 0 Å². The van der Waals surface area contributed by atoms with E-state index in [0.717, 1.165) is 34.7 Å². The lowest BCUT2D eigenvalue weighted by atomic mass is 10.2. The summed E-state index contributed by atoms with van der Waals surface area (Å²) in [6.07, 6.45) is 1.84. The van der Waals surface area contributed by atoms with Crippen LogP contribution in [-0.4, -0.2) is 19.3 Å². The van der Waals surface area contributed by atoms with E-state index in [2.05, 4.69) is 22.7 Å². The molecule has 5 heteroatoms. The quantitative estimate of drug-likeness (QED) is 0.715. The molecular weight excluding hydrogens is 250 g/mol. The second kappa shape index (κ2) is 4.49. The van der Waals surface area contributed by atoms with Gasteiger partial charge in [-0.05, 0) is 32.0 Å². The van der Waals surface area contributed by atoms with Gasteiger partial charge in [-0.25, -0.2) is 4.98 Å². The second-order valence-corrected chi connectivity index (χ2v) is 4.76. The molecule has 0 unspecified atom stereocenters. The molecule has 0 bridgehead atoms. The topological polar surface area (TPSA) is 59.4 Å². The first-order valence-electron chi connectivity index (χ1n) is 6.55. The number of benzene rings is 1. The summed E-state index contributed by atoms with van der Waals surface area (Å²) < 4.78 is 4.00. The second-order valence-electron chi connectivity index (χ2n) is 4.76. The van der Waals surface area contributed by atoms with E-state index in [1.807, 2.05) is 43.0 Å². The Labute approximate surface area is 117 Å². The van der Waals surface area contributed by atoms with Crippen molar-refractivity contribution in [2.75, 3.05) is 0 Å². The highest BCUT2D eigenvalue weighted by atomic mass is 15.3. The van der Waals surface area contributed by atoms with Crippen LogP contribution in [0.4, 0.5) is 0 Å². The van der Waals surface area contributed by atoms with Crippen molar-refractivity contribution in [1.82, 2.24) is 19.3 Å². The zero-order chi connectivity index (χ0) is 14.3. The summed E-state index contributed by atoms with van der Waals surface area (Å²) in [6.45, 7) is 4.95. The largest absolute Gasteiger partial charge is 0.324 e. The van der Waals surface area contributed by atoms with Crippen LogP contribution in [0, 0.1) is 18.3 Å². The van der Waals surface area contributed by atoms with Gasteiger partial charge in [-0.3, -0.25) is 4.68 Å². The molecule has 0 fully saturated rings. The van der Waals surface area contributed by atoms with Crippen LogP contribution in [0.25, 0.3) is 22.4 Å². The van der Waals surface area contributed by atoms with Crippen LogP contribution < -0.4 is 0 Å². The van der Waals surface area contributed by atoms with E-state index in [-0.39, 0.29) is 0 Å². The highest BCUT2D eigenvalue weighted by Gasteiger charge is 2.15. The SMILES string of the molecule is CCn1c(-c2cnn(C)c2C)nc2cc(C#N)ccc21. The maximum atomic E-state index is 9.00. The van der Waals surface area contributed by atoms with Gasteiger partial charge in [0.1, 0.15) is 5.82 Å². The van der Waals surface area contributed by atoms with E-state index in [1.54, 1.807) is 0 Å². The molecule has 0 spiro atoms. The lowest BCUT2D eigenvalue weighted by Crippen LogP contribution is -1.99. The van der Waals surface area contributed by atoms with Crippen LogP contribution in [0.1, 0.15) is 18.2 Å². The van der Waals surface area contributed by atoms with E-state index in [0.29, 0.717) is 5.56 Å². The summed E-state index contributed by atoms with van der Waals surface area (Å²) in [5, 5.41) is 13.3. The molecule has 0 saturated heterocycles. The number of imidazole rings is 1. The molecule has 20 heavy (non-hydrogen) atoms. The Bertz CT molecular complexity index is 832. The number of hydrogen-bond donors (Lipinski definition) is 0. The Balaban J connectivity index is 2.31. The summed E-state index contributed by atoms with van der Waals surface area (Å²) in [5.41, 5.74) is 4.64. The van der Waals surface area contributed by atoms with Gasteiger partial charge in [-0.15, -0.1) is 0 Å². The fourth-order valence-electron chi connectivity index (χ4n) is 2.44. The summed E-state index contributed by atoms with van der Waals surface area (Å²) in [6, 6.07) is 7.77. The molecule has 1 aromatic carbocycles. The van der Waals surface area contributed by atoms with Gasteiger partial charge in [-0.2, -0.15) is 10.4 Å². The summed E-state index contributed by atoms with van der Waals surface area (Å²) in [4.78, 5) is 4.70. The van der Waals surface area contributed by atoms with Crippen LogP contribution in [0.2, 0.25) is 0 Å². The zero-order valence-corrected chi connectivity index (χ0v) is 11.8. The third-order valence-electron chi connectivity index (χ3n) is 3.67. The van der Waals surface area contributed by atoms with Crippen LogP contribution in [-0.2, 0) is 13.6 Å². The lowest BCUT2D eigenvalue weighted by Gasteiger charge is -2.05. The molecule has 2 aromatic heterocycles. The molecule has 0 aliphatic carbocycles. The first-order valence-corrected chi connectivity index (χ1v) is 6.55. The average Bonchev–Trinajstić information content (AvgIpc) is 2.98. The molecule has 0 saturated carbocycles. The van der Waals surface area contributed by atoms with Crippen molar-refractivity contribution >= 4 is 11.0 Å². The number of rotatable bonds is 2. The maximum Gasteiger partial charge on any atom is 0.144 e. The molecule has 0 atom stereocenters. The number of fused-ring (bicyclic) bond motifs is 1. The van der Waals surface area contributed by atoms with Crippen molar-refractivity contribution in [3.63, 3.8) is 0 Å². The Hall–Kier alpha value is -2.61. The lowest BCUT2D eigenvalue weighted by molar-refractivity contribution is 0.739. The van der Waals surface area contributed by atoms with Gasteiger partial charge < -0.3 is 4.57 Å². The minimum absolute atomic E-state index is 0.632. The van der Waals surface area contributed by atoms with E-state index in [4.69, 9.17) is 10.2 Å². The molecule has 3 aromatic rings. The van der Waals surface area contributed by atoms with Crippen LogP contribution in [0.3, 0.4) is 0 Å². The van der Waals surface area contributed by atoms with Crippen molar-refractivity contribution in [3.05, 3.63) is 35.7 Å². The fourth-order valence-corrected chi connectivity index (χ4v) is 2.44. The number of nitrogens with zero attached hydrogens (tertiary/aromatic N) is 5. The van der Waals surface area contributed by atoms with Crippen molar-refractivity contribution in [2.45, 2.75) is 20.4 Å². The van der Waals surface area contributed by atoms with Gasteiger partial charge in [0.15, 0.2) is 0 Å². The van der Waals surface area contributed by atoms with Gasteiger partial charge in [0.2, 0.25) is 0 Å². The predicted molar refractivity (Wildman–Crippen MR) is 77.1 cm³/mol. The molecule has 0 amide bonds. The Morgan fingerprint density at radius 2 is 2.15 bits per heavy atom. The molecular formula is C15H15N5. The van der Waals surface area contributed by atoms with Gasteiger partial charge in [-0.1, -0.05) is 0 Å². The molecule has 100 valence electrons. The third-order valence-corrected chi connectivity index (χ3v) is 3.67. The number of nitriles is 1. The highest BCUT2D eigenvalue weighted by Crippen LogP contribution is 2.27. The minimum Gasteiger partial charge on any atom is -0.324 e. The van der Waals surface area contributed by atoms with Crippen molar-refractivity contribution in [1.29, 1.82) is 5.26 Å². The van der Waals surface area contributed by atoms with Gasteiger partial charge in [0, 0.05) is 19.3 Å². The first kappa shape index (κ1) is 12.4. The van der Waals surface area contributed by atoms with E-state index in [9.17, 15) is 0 Å². The summed E-state index contributed by atoms with van der Waals surface area (Å²) >= 11 is 0. The molecule has 0 radical (unpaired) electrons. The Kier molecular flexibility index (Phi) is 2.79. The number of hydrogen-bond acceptors (Lipinski definition) is 3. The summed E-state index contributed by atoms with van der Waals surface area (Å²) in [5.74, 6) is 0.906. The zero-order valence-electron chi connectivity index (χ0n) is 11.8. The predicted octanol–water partition coefficient (Wildman–Crippen LogP) is 2.64. The van der Waals surface area contributed by atoms with E-state index < -0.39 is 0 Å². The van der Waals surface area contributed by atoms with Gasteiger partial charge in [0.05, 0.1) is 34.4 Å². The van der Waals surface area contributed by atoms with E-state index in [1.165, 1.54) is 0 Å². The molecule has 0 aliphatic heterocycles. The van der Waals surface area contributed by atoms with Crippen LogP contribution in [0.15, 0.2) is 24.4 Å². The minimum atomic E-state index is 0.632. The van der Waals surface area contributed by atoms with Crippen molar-refractivity contribution < 1.29 is 0 Å². The number of aromatic nitrogens is 4. The maximum absolute atomic E-state index is 9.00. The van der Waals surface area contributed by atoms with Crippen molar-refractivity contribution in [3.8, 4) is 17.5 Å². The molecule has 3 rings (SSSR count). The first-order chi connectivity index (χ1) is 9.65. The molecule has 0 aliphatic rings. The molecule has 5 nitrogen and oxygen atoms in total. The highest BCUT2D eigenvalue weighted by molar-refractivity contribution is 5.82. The smallest absolute Gasteiger partial charge is 0.144 e. The van der Waals surface area contributed by atoms with E-state index >= 15 is 0 Å². The molecule has 2 heterocycles. The Morgan fingerprint density at radius 3 is 2.75 bits per heavy atom. The normalized spacial score (nSPS) is 10.9. The molecule has 0 N–H and O–H groups in total. The van der Waals surface area contributed by atoms with Crippen LogP contribution in [0.5, 0.6) is 0 Å². The summed E-state index contributed by atoms with van der Waals surface area (Å²) in [7, 11) is 1.92. The monoisotopic (exact) mass is 265 g/mol. The third kappa shape index (κ3) is 1.69. The standard InChI is InChI=1S/C15H15N5/c1-4-20-14-6-5-11(8-16)7-13(14)18-15(20)12-9-17-19(3)10(12)2/h5-7,9H,4H2,1-3H3. The van der Waals surface area contributed by atoms with Crippen molar-refractivity contribution in [2.24, 2.45) is 7.05 Å². The van der Waals surface area contributed by atoms with Gasteiger partial charge in [0.25, 0.3) is 0 Å².